The Kier molecular flexibility index (Phi) is 6.14. The smallest absolute Gasteiger partial charge is 0.254 e. The predicted molar refractivity (Wildman–Crippen MR) is 66.2 cm³/mol. The largest absolute Gasteiger partial charge is 0.396 e. The Labute approximate surface area is 114 Å². The van der Waals surface area contributed by atoms with Gasteiger partial charge in [-0.05, 0) is 18.6 Å². The van der Waals surface area contributed by atoms with Gasteiger partial charge in [-0.2, -0.15) is 0 Å². The first-order chi connectivity index (χ1) is 8.99. The topological polar surface area (TPSA) is 58.6 Å². The van der Waals surface area contributed by atoms with Crippen molar-refractivity contribution in [2.45, 2.75) is 12.5 Å². The predicted octanol–water partition coefficient (Wildman–Crippen LogP) is 1.75. The van der Waals surface area contributed by atoms with Gasteiger partial charge < -0.3 is 15.2 Å². The zero-order valence-electron chi connectivity index (χ0n) is 10.3. The summed E-state index contributed by atoms with van der Waals surface area (Å²) < 4.78 is 31.6. The molecular weight excluding hydrogens is 280 g/mol. The summed E-state index contributed by atoms with van der Waals surface area (Å²) in [5, 5.41) is 10.9. The molecule has 106 valence electrons. The van der Waals surface area contributed by atoms with Crippen LogP contribution >= 0.6 is 11.6 Å². The summed E-state index contributed by atoms with van der Waals surface area (Å²) in [6.45, 7) is -0.00421. The van der Waals surface area contributed by atoms with Crippen LogP contribution in [0.3, 0.4) is 0 Å². The van der Waals surface area contributed by atoms with Crippen LogP contribution < -0.4 is 5.32 Å². The summed E-state index contributed by atoms with van der Waals surface area (Å²) in [6, 6.07) is 0.986. The third kappa shape index (κ3) is 4.41. The molecule has 0 aliphatic heterocycles. The Balaban J connectivity index is 2.84. The molecule has 0 saturated carbocycles. The van der Waals surface area contributed by atoms with E-state index in [0.717, 1.165) is 12.1 Å². The normalized spacial score (nSPS) is 12.3. The van der Waals surface area contributed by atoms with E-state index in [1.165, 1.54) is 7.11 Å². The summed E-state index contributed by atoms with van der Waals surface area (Å²) in [6.07, 6.45) is 0.247. The minimum absolute atomic E-state index is 0.157. The maximum absolute atomic E-state index is 13.5. The van der Waals surface area contributed by atoms with E-state index in [1.54, 1.807) is 0 Å². The van der Waals surface area contributed by atoms with Crippen LogP contribution in [-0.4, -0.2) is 37.4 Å². The zero-order valence-corrected chi connectivity index (χ0v) is 11.0. The second-order valence-electron chi connectivity index (χ2n) is 3.88. The average molecular weight is 294 g/mol. The van der Waals surface area contributed by atoms with Gasteiger partial charge in [-0.15, -0.1) is 0 Å². The number of methoxy groups -OCH3 is 1. The van der Waals surface area contributed by atoms with Gasteiger partial charge >= 0.3 is 0 Å². The summed E-state index contributed by atoms with van der Waals surface area (Å²) >= 11 is 5.40. The average Bonchev–Trinajstić information content (AvgIpc) is 2.34. The van der Waals surface area contributed by atoms with Crippen molar-refractivity contribution in [3.63, 3.8) is 0 Å². The number of halogens is 3. The Morgan fingerprint density at radius 3 is 2.74 bits per heavy atom. The quantitative estimate of drug-likeness (QED) is 0.786. The number of ether oxygens (including phenoxy) is 1. The molecule has 1 atom stereocenters. The molecule has 19 heavy (non-hydrogen) atoms. The molecule has 0 aliphatic rings. The second-order valence-corrected chi connectivity index (χ2v) is 4.29. The Morgan fingerprint density at radius 1 is 1.47 bits per heavy atom. The number of carbonyl (C=O) groups is 1. The van der Waals surface area contributed by atoms with E-state index in [2.05, 4.69) is 5.32 Å². The lowest BCUT2D eigenvalue weighted by Crippen LogP contribution is -2.39. The molecule has 0 heterocycles. The second kappa shape index (κ2) is 7.37. The van der Waals surface area contributed by atoms with Crippen molar-refractivity contribution < 1.29 is 23.4 Å². The van der Waals surface area contributed by atoms with E-state index in [9.17, 15) is 13.6 Å². The van der Waals surface area contributed by atoms with Crippen LogP contribution in [-0.2, 0) is 4.74 Å². The third-order valence-corrected chi connectivity index (χ3v) is 2.72. The number of amides is 1. The van der Waals surface area contributed by atoms with Gasteiger partial charge in [0.1, 0.15) is 11.6 Å². The molecule has 2 N–H and O–H groups in total. The first-order valence-electron chi connectivity index (χ1n) is 5.54. The van der Waals surface area contributed by atoms with Crippen molar-refractivity contribution in [1.29, 1.82) is 0 Å². The Bertz CT molecular complexity index is 451. The van der Waals surface area contributed by atoms with E-state index in [0.29, 0.717) is 0 Å². The molecule has 7 heteroatoms. The van der Waals surface area contributed by atoms with Gasteiger partial charge in [0.05, 0.1) is 23.2 Å². The SMILES string of the molecule is COCC(CCO)NC(=O)c1cc(F)c(Cl)cc1F. The number of rotatable bonds is 6. The van der Waals surface area contributed by atoms with Crippen LogP contribution in [0.5, 0.6) is 0 Å². The molecule has 0 saturated heterocycles. The lowest BCUT2D eigenvalue weighted by atomic mass is 10.1. The van der Waals surface area contributed by atoms with Gasteiger partial charge in [-0.3, -0.25) is 4.79 Å². The van der Waals surface area contributed by atoms with Crippen LogP contribution in [0.25, 0.3) is 0 Å². The van der Waals surface area contributed by atoms with Crippen LogP contribution in [0.2, 0.25) is 5.02 Å². The number of benzene rings is 1. The lowest BCUT2D eigenvalue weighted by Gasteiger charge is -2.17. The standard InChI is InChI=1S/C12H14ClF2NO3/c1-19-6-7(2-3-17)16-12(18)8-4-11(15)9(13)5-10(8)14/h4-5,7,17H,2-3,6H2,1H3,(H,16,18). The van der Waals surface area contributed by atoms with Gasteiger partial charge in [0.25, 0.3) is 5.91 Å². The van der Waals surface area contributed by atoms with Crippen LogP contribution in [0.1, 0.15) is 16.8 Å². The highest BCUT2D eigenvalue weighted by atomic mass is 35.5. The van der Waals surface area contributed by atoms with Crippen molar-refractivity contribution in [1.82, 2.24) is 5.32 Å². The third-order valence-electron chi connectivity index (χ3n) is 2.44. The molecule has 1 unspecified atom stereocenters. The van der Waals surface area contributed by atoms with E-state index in [4.69, 9.17) is 21.4 Å². The fourth-order valence-electron chi connectivity index (χ4n) is 1.51. The first kappa shape index (κ1) is 15.8. The summed E-state index contributed by atoms with van der Waals surface area (Å²) in [4.78, 5) is 11.8. The highest BCUT2D eigenvalue weighted by Crippen LogP contribution is 2.19. The van der Waals surface area contributed by atoms with Crippen LogP contribution in [0.4, 0.5) is 8.78 Å². The summed E-state index contributed by atoms with van der Waals surface area (Å²) in [5.41, 5.74) is -0.444. The molecule has 1 aromatic rings. The van der Waals surface area contributed by atoms with Crippen molar-refractivity contribution >= 4 is 17.5 Å². The monoisotopic (exact) mass is 293 g/mol. The maximum Gasteiger partial charge on any atom is 0.254 e. The Morgan fingerprint density at radius 2 is 2.16 bits per heavy atom. The van der Waals surface area contributed by atoms with E-state index in [-0.39, 0.29) is 19.6 Å². The van der Waals surface area contributed by atoms with Gasteiger partial charge in [0, 0.05) is 13.7 Å². The molecule has 0 aliphatic carbocycles. The van der Waals surface area contributed by atoms with Crippen molar-refractivity contribution in [3.8, 4) is 0 Å². The first-order valence-corrected chi connectivity index (χ1v) is 5.92. The summed E-state index contributed by atoms with van der Waals surface area (Å²) in [7, 11) is 1.43. The van der Waals surface area contributed by atoms with Crippen molar-refractivity contribution in [2.75, 3.05) is 20.3 Å². The minimum Gasteiger partial charge on any atom is -0.396 e. The molecule has 1 amide bonds. The van der Waals surface area contributed by atoms with Gasteiger partial charge in [-0.1, -0.05) is 11.6 Å². The number of aliphatic hydroxyl groups excluding tert-OH is 1. The molecule has 0 bridgehead atoms. The van der Waals surface area contributed by atoms with E-state index < -0.39 is 34.2 Å². The molecule has 1 aromatic carbocycles. The minimum atomic E-state index is -0.913. The van der Waals surface area contributed by atoms with E-state index >= 15 is 0 Å². The van der Waals surface area contributed by atoms with Crippen molar-refractivity contribution in [3.05, 3.63) is 34.4 Å². The lowest BCUT2D eigenvalue weighted by molar-refractivity contribution is 0.0874. The number of hydrogen-bond donors (Lipinski definition) is 2. The van der Waals surface area contributed by atoms with Crippen molar-refractivity contribution in [2.24, 2.45) is 0 Å². The molecular formula is C12H14ClF2NO3. The highest BCUT2D eigenvalue weighted by molar-refractivity contribution is 6.30. The fraction of sp³-hybridized carbons (Fsp3) is 0.417. The molecule has 0 aromatic heterocycles. The molecule has 0 fully saturated rings. The highest BCUT2D eigenvalue weighted by Gasteiger charge is 2.18. The van der Waals surface area contributed by atoms with Gasteiger partial charge in [0.2, 0.25) is 0 Å². The van der Waals surface area contributed by atoms with E-state index in [1.807, 2.05) is 0 Å². The van der Waals surface area contributed by atoms with Gasteiger partial charge in [0.15, 0.2) is 0 Å². The zero-order chi connectivity index (χ0) is 14.4. The number of hydrogen-bond acceptors (Lipinski definition) is 3. The molecule has 0 radical (unpaired) electrons. The summed E-state index contributed by atoms with van der Waals surface area (Å²) in [5.74, 6) is -2.58. The fourth-order valence-corrected chi connectivity index (χ4v) is 1.66. The number of nitrogens with one attached hydrogen (secondary N) is 1. The van der Waals surface area contributed by atoms with Crippen LogP contribution in [0.15, 0.2) is 12.1 Å². The van der Waals surface area contributed by atoms with Gasteiger partial charge in [-0.25, -0.2) is 8.78 Å². The van der Waals surface area contributed by atoms with Crippen LogP contribution in [0, 0.1) is 11.6 Å². The number of aliphatic hydroxyl groups is 1. The molecule has 1 rings (SSSR count). The maximum atomic E-state index is 13.5. The molecule has 0 spiro atoms. The number of carbonyl (C=O) groups excluding carboxylic acids is 1. The Hall–Kier alpha value is -1.24. The molecule has 4 nitrogen and oxygen atoms in total.